The molecular formula is C5HFINS2. The van der Waals surface area contributed by atoms with Crippen molar-refractivity contribution in [2.24, 2.45) is 0 Å². The van der Waals surface area contributed by atoms with Gasteiger partial charge in [0.15, 0.2) is 10.1 Å². The van der Waals surface area contributed by atoms with Crippen LogP contribution in [-0.4, -0.2) is 4.98 Å². The lowest BCUT2D eigenvalue weighted by Crippen LogP contribution is -1.63. The highest BCUT2D eigenvalue weighted by Gasteiger charge is 1.94. The van der Waals surface area contributed by atoms with E-state index in [1.807, 2.05) is 21.2 Å². The molecule has 0 aliphatic heterocycles. The first kappa shape index (κ1) is 8.30. The van der Waals surface area contributed by atoms with Crippen LogP contribution < -0.4 is 0 Å². The average Bonchev–Trinajstić information content (AvgIpc) is 2.31. The van der Waals surface area contributed by atoms with Crippen LogP contribution in [-0.2, 0) is 0 Å². The Hall–Kier alpha value is 0.200. The number of halogens is 2. The molecule has 10 heavy (non-hydrogen) atoms. The zero-order valence-electron chi connectivity index (χ0n) is 4.60. The molecule has 1 aromatic rings. The zero-order chi connectivity index (χ0) is 7.40. The van der Waals surface area contributed by atoms with Gasteiger partial charge in [0.25, 0.3) is 0 Å². The number of rotatable bonds is 0. The minimum atomic E-state index is -0.289. The Morgan fingerprint density at radius 3 is 3.10 bits per heavy atom. The number of hydrogen-bond acceptors (Lipinski definition) is 3. The van der Waals surface area contributed by atoms with Crippen molar-refractivity contribution in [3.05, 3.63) is 16.3 Å². The molecule has 0 N–H and O–H groups in total. The van der Waals surface area contributed by atoms with Gasteiger partial charge in [-0.1, -0.05) is 11.3 Å². The van der Waals surface area contributed by atoms with Crippen molar-refractivity contribution in [1.29, 1.82) is 0 Å². The largest absolute Gasteiger partial charge is 0.233 e. The third-order valence-corrected chi connectivity index (χ3v) is 2.22. The fourth-order valence-corrected chi connectivity index (χ4v) is 1.40. The zero-order valence-corrected chi connectivity index (χ0v) is 8.39. The van der Waals surface area contributed by atoms with Gasteiger partial charge in [-0.3, -0.25) is 0 Å². The van der Waals surface area contributed by atoms with E-state index < -0.39 is 0 Å². The van der Waals surface area contributed by atoms with E-state index in [-0.39, 0.29) is 5.13 Å². The molecule has 52 valence electrons. The average molecular weight is 285 g/mol. The molecule has 1 nitrogen and oxygen atoms in total. The topological polar surface area (TPSA) is 12.9 Å². The Balaban J connectivity index is 2.76. The third kappa shape index (κ3) is 2.44. The molecule has 1 aromatic heterocycles. The van der Waals surface area contributed by atoms with Gasteiger partial charge in [-0.05, 0) is 20.1 Å². The Labute approximate surface area is 78.0 Å². The Morgan fingerprint density at radius 2 is 2.60 bits per heavy atom. The van der Waals surface area contributed by atoms with E-state index in [1.54, 1.807) is 0 Å². The van der Waals surface area contributed by atoms with Crippen LogP contribution in [0, 0.1) is 16.3 Å². The van der Waals surface area contributed by atoms with Crippen LogP contribution in [0.15, 0.2) is 6.20 Å². The first-order valence-corrected chi connectivity index (χ1v) is 6.40. The van der Waals surface area contributed by atoms with Gasteiger partial charge in [0.1, 0.15) is 0 Å². The van der Waals surface area contributed by atoms with Gasteiger partial charge in [0.05, 0.1) is 6.20 Å². The second-order valence-electron chi connectivity index (χ2n) is 1.27. The van der Waals surface area contributed by atoms with Crippen LogP contribution in [0.25, 0.3) is 0 Å². The van der Waals surface area contributed by atoms with E-state index >= 15 is 0 Å². The summed E-state index contributed by atoms with van der Waals surface area (Å²) in [6.07, 6.45) is 1.17. The Morgan fingerprint density at radius 1 is 1.80 bits per heavy atom. The standard InChI is InChI=1S/C5HFINS2/c6-4-3-8-5(10-4)1-2-9-7/h3H. The van der Waals surface area contributed by atoms with Crippen LogP contribution in [0.4, 0.5) is 4.39 Å². The molecule has 0 unspecified atom stereocenters. The number of thiazole rings is 1. The lowest BCUT2D eigenvalue weighted by atomic mass is 10.7. The molecule has 1 rings (SSSR count). The quantitative estimate of drug-likeness (QED) is 0.537. The smallest absolute Gasteiger partial charge is 0.197 e. The predicted molar refractivity (Wildman–Crippen MR) is 50.6 cm³/mol. The second kappa shape index (κ2) is 4.16. The van der Waals surface area contributed by atoms with Gasteiger partial charge in [-0.2, -0.15) is 4.39 Å². The van der Waals surface area contributed by atoms with Gasteiger partial charge >= 0.3 is 0 Å². The lowest BCUT2D eigenvalue weighted by molar-refractivity contribution is 0.653. The summed E-state index contributed by atoms with van der Waals surface area (Å²) in [7, 11) is 1.36. The molecule has 0 fully saturated rings. The van der Waals surface area contributed by atoms with Gasteiger partial charge in [0.2, 0.25) is 0 Å². The van der Waals surface area contributed by atoms with Gasteiger partial charge in [0, 0.05) is 21.2 Å². The number of hydrogen-bond donors (Lipinski definition) is 0. The molecule has 0 atom stereocenters. The van der Waals surface area contributed by atoms with Gasteiger partial charge in [-0.25, -0.2) is 4.98 Å². The van der Waals surface area contributed by atoms with Crippen LogP contribution in [0.5, 0.6) is 0 Å². The molecule has 5 heteroatoms. The van der Waals surface area contributed by atoms with Crippen molar-refractivity contribution < 1.29 is 4.39 Å². The van der Waals surface area contributed by atoms with Crippen LogP contribution in [0.1, 0.15) is 5.01 Å². The maximum Gasteiger partial charge on any atom is 0.197 e. The van der Waals surface area contributed by atoms with Crippen molar-refractivity contribution >= 4 is 41.5 Å². The monoisotopic (exact) mass is 285 g/mol. The van der Waals surface area contributed by atoms with Crippen molar-refractivity contribution in [3.8, 4) is 11.2 Å². The van der Waals surface area contributed by atoms with E-state index in [4.69, 9.17) is 0 Å². The van der Waals surface area contributed by atoms with Crippen molar-refractivity contribution in [1.82, 2.24) is 4.98 Å². The Kier molecular flexibility index (Phi) is 3.45. The molecule has 0 aromatic carbocycles. The van der Waals surface area contributed by atoms with Crippen molar-refractivity contribution in [3.63, 3.8) is 0 Å². The number of aromatic nitrogens is 1. The maximum absolute atomic E-state index is 12.2. The summed E-state index contributed by atoms with van der Waals surface area (Å²) in [6.45, 7) is 0. The SMILES string of the molecule is Fc1cnc(C#CSI)s1. The molecule has 1 heterocycles. The molecule has 0 radical (unpaired) electrons. The molecule has 0 bridgehead atoms. The first-order valence-electron chi connectivity index (χ1n) is 2.23. The van der Waals surface area contributed by atoms with Crippen molar-refractivity contribution in [2.75, 3.05) is 0 Å². The molecular weight excluding hydrogens is 284 g/mol. The van der Waals surface area contributed by atoms with Crippen LogP contribution in [0.2, 0.25) is 0 Å². The third-order valence-electron chi connectivity index (χ3n) is 0.674. The van der Waals surface area contributed by atoms with E-state index in [1.165, 1.54) is 15.1 Å². The first-order chi connectivity index (χ1) is 4.83. The summed E-state index contributed by atoms with van der Waals surface area (Å²) in [5.41, 5.74) is 0. The Bertz CT molecular complexity index is 275. The lowest BCUT2D eigenvalue weighted by Gasteiger charge is -1.70. The highest BCUT2D eigenvalue weighted by molar-refractivity contribution is 14.2. The fraction of sp³-hybridized carbons (Fsp3) is 0. The minimum absolute atomic E-state index is 0.289. The minimum Gasteiger partial charge on any atom is -0.233 e. The highest BCUT2D eigenvalue weighted by atomic mass is 127. The second-order valence-corrected chi connectivity index (χ2v) is 3.93. The van der Waals surface area contributed by atoms with Gasteiger partial charge < -0.3 is 0 Å². The van der Waals surface area contributed by atoms with E-state index in [2.05, 4.69) is 16.2 Å². The predicted octanol–water partition coefficient (Wildman–Crippen LogP) is 2.67. The van der Waals surface area contributed by atoms with Gasteiger partial charge in [-0.15, -0.1) is 0 Å². The van der Waals surface area contributed by atoms with E-state index in [0.717, 1.165) is 11.3 Å². The van der Waals surface area contributed by atoms with E-state index in [9.17, 15) is 4.39 Å². The molecule has 0 spiro atoms. The van der Waals surface area contributed by atoms with Crippen molar-refractivity contribution in [2.45, 2.75) is 0 Å². The summed E-state index contributed by atoms with van der Waals surface area (Å²) in [4.78, 5) is 3.71. The molecule has 0 saturated carbocycles. The molecule has 0 saturated heterocycles. The summed E-state index contributed by atoms with van der Waals surface area (Å²) < 4.78 is 12.2. The molecule has 0 amide bonds. The summed E-state index contributed by atoms with van der Waals surface area (Å²) in [5.74, 6) is 2.69. The fourth-order valence-electron chi connectivity index (χ4n) is 0.375. The highest BCUT2D eigenvalue weighted by Crippen LogP contribution is 2.11. The van der Waals surface area contributed by atoms with E-state index in [0.29, 0.717) is 5.01 Å². The molecule has 0 aliphatic carbocycles. The number of nitrogens with zero attached hydrogens (tertiary/aromatic N) is 1. The maximum atomic E-state index is 12.2. The normalized spacial score (nSPS) is 8.60. The summed E-state index contributed by atoms with van der Waals surface area (Å²) >= 11 is 3.01. The summed E-state index contributed by atoms with van der Waals surface area (Å²) in [6, 6.07) is 0. The van der Waals surface area contributed by atoms with Crippen LogP contribution >= 0.6 is 41.5 Å². The summed E-state index contributed by atoms with van der Waals surface area (Å²) in [5, 5.41) is 2.95. The van der Waals surface area contributed by atoms with Crippen LogP contribution in [0.3, 0.4) is 0 Å². The molecule has 0 aliphatic rings.